The van der Waals surface area contributed by atoms with Gasteiger partial charge in [-0.3, -0.25) is 9.69 Å². The Balaban J connectivity index is 1.79. The monoisotopic (exact) mass is 353 g/mol. The molecule has 2 rings (SSSR count). The summed E-state index contributed by atoms with van der Waals surface area (Å²) in [5.74, 6) is -0.127. The number of urea groups is 1. The Kier molecular flexibility index (Phi) is 7.11. The van der Waals surface area contributed by atoms with E-state index in [2.05, 4.69) is 19.2 Å². The van der Waals surface area contributed by atoms with E-state index < -0.39 is 5.97 Å². The van der Waals surface area contributed by atoms with Crippen LogP contribution < -0.4 is 5.32 Å². The van der Waals surface area contributed by atoms with Crippen molar-refractivity contribution in [3.05, 3.63) is 0 Å². The van der Waals surface area contributed by atoms with Crippen LogP contribution in [0.4, 0.5) is 4.79 Å². The fourth-order valence-electron chi connectivity index (χ4n) is 4.44. The third kappa shape index (κ3) is 5.87. The summed E-state index contributed by atoms with van der Waals surface area (Å²) in [5.41, 5.74) is 0.319. The number of rotatable bonds is 7. The van der Waals surface area contributed by atoms with E-state index >= 15 is 0 Å². The second-order valence-corrected chi connectivity index (χ2v) is 8.49. The van der Waals surface area contributed by atoms with Gasteiger partial charge in [-0.15, -0.1) is 0 Å². The Morgan fingerprint density at radius 3 is 2.52 bits per heavy atom. The van der Waals surface area contributed by atoms with Gasteiger partial charge in [-0.05, 0) is 56.9 Å². The summed E-state index contributed by atoms with van der Waals surface area (Å²) >= 11 is 0. The minimum atomic E-state index is -0.794. The number of likely N-dealkylation sites (N-methyl/N-ethyl adjacent to an activating group) is 1. The maximum absolute atomic E-state index is 12.6. The van der Waals surface area contributed by atoms with E-state index in [1.807, 2.05) is 16.8 Å². The van der Waals surface area contributed by atoms with Gasteiger partial charge in [0.1, 0.15) is 0 Å². The third-order valence-electron chi connectivity index (χ3n) is 5.86. The van der Waals surface area contributed by atoms with Gasteiger partial charge in [0.15, 0.2) is 0 Å². The lowest BCUT2D eigenvalue weighted by Gasteiger charge is -2.43. The number of aliphatic carboxylic acids is 1. The molecule has 2 N–H and O–H groups in total. The minimum absolute atomic E-state index is 0.0524. The van der Waals surface area contributed by atoms with Crippen molar-refractivity contribution in [2.45, 2.75) is 64.8 Å². The van der Waals surface area contributed by atoms with Gasteiger partial charge >= 0.3 is 12.0 Å². The average molecular weight is 354 g/mol. The van der Waals surface area contributed by atoms with Gasteiger partial charge in [0.2, 0.25) is 0 Å². The second kappa shape index (κ2) is 8.88. The van der Waals surface area contributed by atoms with Crippen molar-refractivity contribution in [2.24, 2.45) is 11.3 Å². The number of nitrogens with zero attached hydrogens (tertiary/aromatic N) is 2. The number of amides is 2. The van der Waals surface area contributed by atoms with Crippen LogP contribution in [0.1, 0.15) is 58.8 Å². The van der Waals surface area contributed by atoms with E-state index in [9.17, 15) is 9.59 Å². The SMILES string of the molecule is CC(C)CC1(CNC(=O)N2CCCC(N(C)CC(=O)O)CC2)CCC1. The maximum Gasteiger partial charge on any atom is 0.317 e. The molecule has 6 nitrogen and oxygen atoms in total. The summed E-state index contributed by atoms with van der Waals surface area (Å²) in [6.45, 7) is 6.84. The zero-order valence-corrected chi connectivity index (χ0v) is 16.1. The molecule has 0 spiro atoms. The average Bonchev–Trinajstić information content (AvgIpc) is 2.74. The van der Waals surface area contributed by atoms with Crippen molar-refractivity contribution in [1.82, 2.24) is 15.1 Å². The van der Waals surface area contributed by atoms with Crippen LogP contribution >= 0.6 is 0 Å². The Bertz CT molecular complexity index is 463. The highest BCUT2D eigenvalue weighted by atomic mass is 16.4. The molecule has 25 heavy (non-hydrogen) atoms. The standard InChI is InChI=1S/C19H35N3O3/c1-15(2)12-19(8-5-9-19)14-20-18(25)22-10-4-6-16(7-11-22)21(3)13-17(23)24/h15-16H,4-14H2,1-3H3,(H,20,25)(H,23,24). The van der Waals surface area contributed by atoms with Gasteiger partial charge in [-0.1, -0.05) is 20.3 Å². The molecule has 0 aromatic heterocycles. The predicted molar refractivity (Wildman–Crippen MR) is 98.6 cm³/mol. The highest BCUT2D eigenvalue weighted by Crippen LogP contribution is 2.45. The van der Waals surface area contributed by atoms with E-state index in [0.717, 1.165) is 32.4 Å². The molecule has 1 heterocycles. The molecule has 1 saturated carbocycles. The van der Waals surface area contributed by atoms with Crippen LogP contribution in [0.25, 0.3) is 0 Å². The van der Waals surface area contributed by atoms with Crippen molar-refractivity contribution < 1.29 is 14.7 Å². The van der Waals surface area contributed by atoms with Crippen LogP contribution in [0.3, 0.4) is 0 Å². The summed E-state index contributed by atoms with van der Waals surface area (Å²) in [6.07, 6.45) is 7.65. The Hall–Kier alpha value is -1.30. The van der Waals surface area contributed by atoms with Gasteiger partial charge in [0.25, 0.3) is 0 Å². The summed E-state index contributed by atoms with van der Waals surface area (Å²) in [5, 5.41) is 12.1. The molecule has 1 aliphatic carbocycles. The molecule has 1 aliphatic heterocycles. The Labute approximate surface area is 151 Å². The van der Waals surface area contributed by atoms with Gasteiger partial charge in [-0.2, -0.15) is 0 Å². The molecule has 0 bridgehead atoms. The van der Waals surface area contributed by atoms with Crippen molar-refractivity contribution in [1.29, 1.82) is 0 Å². The zero-order valence-electron chi connectivity index (χ0n) is 16.1. The molecule has 0 aromatic carbocycles. The number of carboxylic acids is 1. The number of carbonyl (C=O) groups excluding carboxylic acids is 1. The first-order valence-corrected chi connectivity index (χ1v) is 9.76. The predicted octanol–water partition coefficient (Wildman–Crippen LogP) is 2.78. The van der Waals surface area contributed by atoms with Gasteiger partial charge in [0.05, 0.1) is 6.54 Å². The van der Waals surface area contributed by atoms with Crippen LogP contribution in [0.2, 0.25) is 0 Å². The number of carbonyl (C=O) groups is 2. The van der Waals surface area contributed by atoms with Crippen molar-refractivity contribution in [3.63, 3.8) is 0 Å². The first-order chi connectivity index (χ1) is 11.8. The van der Waals surface area contributed by atoms with Crippen LogP contribution in [0.5, 0.6) is 0 Å². The first kappa shape index (κ1) is 20.0. The Morgan fingerprint density at radius 2 is 1.96 bits per heavy atom. The summed E-state index contributed by atoms with van der Waals surface area (Å²) in [6, 6.07) is 0.296. The minimum Gasteiger partial charge on any atom is -0.480 e. The van der Waals surface area contributed by atoms with E-state index in [4.69, 9.17) is 5.11 Å². The van der Waals surface area contributed by atoms with Crippen molar-refractivity contribution >= 4 is 12.0 Å². The van der Waals surface area contributed by atoms with Crippen molar-refractivity contribution in [3.8, 4) is 0 Å². The third-order valence-corrected chi connectivity index (χ3v) is 5.86. The molecule has 1 unspecified atom stereocenters. The van der Waals surface area contributed by atoms with E-state index in [1.54, 1.807) is 0 Å². The van der Waals surface area contributed by atoms with Gasteiger partial charge in [-0.25, -0.2) is 4.79 Å². The molecule has 2 fully saturated rings. The molecule has 2 amide bonds. The first-order valence-electron chi connectivity index (χ1n) is 9.76. The lowest BCUT2D eigenvalue weighted by atomic mass is 9.64. The molecule has 144 valence electrons. The molecule has 1 saturated heterocycles. The fourth-order valence-corrected chi connectivity index (χ4v) is 4.44. The maximum atomic E-state index is 12.6. The number of likely N-dealkylation sites (tertiary alicyclic amines) is 1. The highest BCUT2D eigenvalue weighted by Gasteiger charge is 2.38. The van der Waals surface area contributed by atoms with Crippen LogP contribution in [-0.2, 0) is 4.79 Å². The van der Waals surface area contributed by atoms with Gasteiger partial charge < -0.3 is 15.3 Å². The number of nitrogens with one attached hydrogen (secondary N) is 1. The highest BCUT2D eigenvalue weighted by molar-refractivity contribution is 5.74. The Morgan fingerprint density at radius 1 is 1.24 bits per heavy atom. The van der Waals surface area contributed by atoms with E-state index in [-0.39, 0.29) is 18.6 Å². The van der Waals surface area contributed by atoms with Crippen LogP contribution in [-0.4, -0.2) is 66.2 Å². The molecule has 0 radical (unpaired) electrons. The lowest BCUT2D eigenvalue weighted by Crippen LogP contribution is -2.48. The molecular formula is C19H35N3O3. The van der Waals surface area contributed by atoms with Crippen LogP contribution in [0, 0.1) is 11.3 Å². The number of carboxylic acid groups (broad SMARTS) is 1. The summed E-state index contributed by atoms with van der Waals surface area (Å²) in [4.78, 5) is 27.3. The molecular weight excluding hydrogens is 318 g/mol. The number of hydrogen-bond donors (Lipinski definition) is 2. The zero-order chi connectivity index (χ0) is 18.4. The molecule has 2 aliphatic rings. The van der Waals surface area contributed by atoms with E-state index in [1.165, 1.54) is 25.7 Å². The van der Waals surface area contributed by atoms with Crippen molar-refractivity contribution in [2.75, 3.05) is 33.2 Å². The largest absolute Gasteiger partial charge is 0.480 e. The topological polar surface area (TPSA) is 72.9 Å². The second-order valence-electron chi connectivity index (χ2n) is 8.49. The summed E-state index contributed by atoms with van der Waals surface area (Å²) < 4.78 is 0. The van der Waals surface area contributed by atoms with E-state index in [0.29, 0.717) is 17.9 Å². The van der Waals surface area contributed by atoms with Gasteiger partial charge in [0, 0.05) is 25.7 Å². The number of hydrogen-bond acceptors (Lipinski definition) is 3. The quantitative estimate of drug-likeness (QED) is 0.738. The molecule has 1 atom stereocenters. The summed E-state index contributed by atoms with van der Waals surface area (Å²) in [7, 11) is 1.86. The molecule has 6 heteroatoms. The lowest BCUT2D eigenvalue weighted by molar-refractivity contribution is -0.138. The fraction of sp³-hybridized carbons (Fsp3) is 0.895. The normalized spacial score (nSPS) is 23.2. The van der Waals surface area contributed by atoms with Crippen LogP contribution in [0.15, 0.2) is 0 Å². The molecule has 0 aromatic rings. The smallest absolute Gasteiger partial charge is 0.317 e.